The summed E-state index contributed by atoms with van der Waals surface area (Å²) >= 11 is 0. The third kappa shape index (κ3) is 3.64. The first kappa shape index (κ1) is 16.8. The van der Waals surface area contributed by atoms with Crippen LogP contribution >= 0.6 is 0 Å². The zero-order valence-electron chi connectivity index (χ0n) is 13.5. The zero-order chi connectivity index (χ0) is 15.5. The molecular weight excluding hydrogens is 256 g/mol. The summed E-state index contributed by atoms with van der Waals surface area (Å²) in [7, 11) is 1.61. The molecule has 0 aromatic heterocycles. The Morgan fingerprint density at radius 1 is 1.25 bits per heavy atom. The van der Waals surface area contributed by atoms with Gasteiger partial charge in [0.05, 0.1) is 12.7 Å². The quantitative estimate of drug-likeness (QED) is 0.813. The maximum Gasteiger partial charge on any atom is 0.197 e. The van der Waals surface area contributed by atoms with Crippen LogP contribution < -0.4 is 9.47 Å². The first-order valence-corrected chi connectivity index (χ1v) is 6.91. The smallest absolute Gasteiger partial charge is 0.197 e. The van der Waals surface area contributed by atoms with Crippen molar-refractivity contribution in [2.45, 2.75) is 53.4 Å². The van der Waals surface area contributed by atoms with Gasteiger partial charge in [0.2, 0.25) is 0 Å². The Morgan fingerprint density at radius 3 is 2.30 bits per heavy atom. The van der Waals surface area contributed by atoms with Crippen molar-refractivity contribution in [2.24, 2.45) is 0 Å². The van der Waals surface area contributed by atoms with E-state index in [1.54, 1.807) is 21.0 Å². The summed E-state index contributed by atoms with van der Waals surface area (Å²) in [5.41, 5.74) is 1.70. The molecular formula is C16H26O4. The number of hydrogen-bond acceptors (Lipinski definition) is 4. The molecule has 0 radical (unpaired) electrons. The van der Waals surface area contributed by atoms with Crippen LogP contribution in [0.3, 0.4) is 0 Å². The average Bonchev–Trinajstić information content (AvgIpc) is 2.32. The van der Waals surface area contributed by atoms with Gasteiger partial charge in [0, 0.05) is 12.2 Å². The Kier molecular flexibility index (Phi) is 5.42. The normalized spacial score (nSPS) is 13.2. The lowest BCUT2D eigenvalue weighted by atomic mass is 9.91. The first-order chi connectivity index (χ1) is 9.22. The Bertz CT molecular complexity index is 461. The molecule has 0 aliphatic carbocycles. The molecule has 0 bridgehead atoms. The lowest BCUT2D eigenvalue weighted by Gasteiger charge is -2.26. The second-order valence-corrected chi connectivity index (χ2v) is 5.43. The fourth-order valence-electron chi connectivity index (χ4n) is 2.32. The van der Waals surface area contributed by atoms with Gasteiger partial charge in [0.1, 0.15) is 0 Å². The van der Waals surface area contributed by atoms with E-state index in [4.69, 9.17) is 14.2 Å². The molecule has 0 fully saturated rings. The molecule has 0 aliphatic heterocycles. The van der Waals surface area contributed by atoms with Gasteiger partial charge in [0.25, 0.3) is 0 Å². The van der Waals surface area contributed by atoms with Crippen LogP contribution in [0.5, 0.6) is 11.5 Å². The summed E-state index contributed by atoms with van der Waals surface area (Å²) in [6, 6.07) is 1.94. The van der Waals surface area contributed by atoms with E-state index in [2.05, 4.69) is 0 Å². The maximum atomic E-state index is 10.3. The monoisotopic (exact) mass is 282 g/mol. The lowest BCUT2D eigenvalue weighted by Crippen LogP contribution is -2.20. The van der Waals surface area contributed by atoms with E-state index in [9.17, 15) is 5.11 Å². The number of methoxy groups -OCH3 is 1. The van der Waals surface area contributed by atoms with Crippen molar-refractivity contribution < 1.29 is 19.3 Å². The molecule has 1 N–H and O–H groups in total. The molecule has 0 saturated heterocycles. The number of rotatable bonds is 6. The fraction of sp³-hybridized carbons (Fsp3) is 0.625. The molecule has 20 heavy (non-hydrogen) atoms. The highest BCUT2D eigenvalue weighted by Gasteiger charge is 2.25. The number of ether oxygens (including phenoxy) is 3. The number of aliphatic hydroxyl groups is 1. The predicted molar refractivity (Wildman–Crippen MR) is 79.4 cm³/mol. The highest BCUT2D eigenvalue weighted by atomic mass is 16.7. The average molecular weight is 282 g/mol. The summed E-state index contributed by atoms with van der Waals surface area (Å²) < 4.78 is 16.7. The third-order valence-corrected chi connectivity index (χ3v) is 3.22. The van der Waals surface area contributed by atoms with Crippen molar-refractivity contribution in [3.63, 3.8) is 0 Å². The van der Waals surface area contributed by atoms with Gasteiger partial charge in [-0.1, -0.05) is 0 Å². The van der Waals surface area contributed by atoms with Gasteiger partial charge in [0.15, 0.2) is 17.8 Å². The summed E-state index contributed by atoms with van der Waals surface area (Å²) in [4.78, 5) is 0. The Labute approximate surface area is 121 Å². The summed E-state index contributed by atoms with van der Waals surface area (Å²) in [5, 5.41) is 10.3. The van der Waals surface area contributed by atoms with Crippen molar-refractivity contribution in [3.8, 4) is 11.5 Å². The zero-order valence-corrected chi connectivity index (χ0v) is 13.5. The van der Waals surface area contributed by atoms with Crippen LogP contribution in [0.25, 0.3) is 0 Å². The van der Waals surface area contributed by atoms with Crippen LogP contribution in [0.4, 0.5) is 0 Å². The van der Waals surface area contributed by atoms with Crippen molar-refractivity contribution in [1.29, 1.82) is 0 Å². The van der Waals surface area contributed by atoms with Crippen LogP contribution in [0, 0.1) is 13.8 Å². The van der Waals surface area contributed by atoms with Crippen molar-refractivity contribution in [3.05, 3.63) is 22.8 Å². The minimum atomic E-state index is -0.924. The van der Waals surface area contributed by atoms with Crippen LogP contribution in [-0.4, -0.2) is 25.1 Å². The minimum absolute atomic E-state index is 0.347. The van der Waals surface area contributed by atoms with E-state index < -0.39 is 5.60 Å². The molecule has 1 rings (SSSR count). The maximum absolute atomic E-state index is 10.3. The predicted octanol–water partition coefficient (Wildman–Crippen LogP) is 3.30. The Morgan fingerprint density at radius 2 is 1.85 bits per heavy atom. The van der Waals surface area contributed by atoms with Gasteiger partial charge in [-0.2, -0.15) is 0 Å². The molecule has 0 spiro atoms. The van der Waals surface area contributed by atoms with E-state index >= 15 is 0 Å². The summed E-state index contributed by atoms with van der Waals surface area (Å²) in [6.45, 7) is 11.7. The Balaban J connectivity index is 3.30. The number of aryl methyl sites for hydroxylation is 1. The molecule has 0 aliphatic rings. The number of hydrogen-bond donors (Lipinski definition) is 1. The van der Waals surface area contributed by atoms with Crippen LogP contribution in [0.2, 0.25) is 0 Å². The van der Waals surface area contributed by atoms with Gasteiger partial charge in [-0.25, -0.2) is 0 Å². The molecule has 0 saturated carbocycles. The topological polar surface area (TPSA) is 47.9 Å². The number of benzene rings is 1. The van der Waals surface area contributed by atoms with Crippen LogP contribution in [0.1, 0.15) is 44.4 Å². The molecule has 0 amide bonds. The van der Waals surface area contributed by atoms with E-state index in [0.29, 0.717) is 18.1 Å². The molecule has 114 valence electrons. The second-order valence-electron chi connectivity index (χ2n) is 5.43. The molecule has 1 aromatic rings. The minimum Gasteiger partial charge on any atom is -0.493 e. The SMILES string of the molecule is CCOC(C)Oc1c(C)cc(C(C)(C)O)c(C)c1OC. The van der Waals surface area contributed by atoms with E-state index in [1.165, 1.54) is 0 Å². The van der Waals surface area contributed by atoms with E-state index in [-0.39, 0.29) is 6.29 Å². The van der Waals surface area contributed by atoms with Gasteiger partial charge >= 0.3 is 0 Å². The molecule has 1 atom stereocenters. The van der Waals surface area contributed by atoms with Gasteiger partial charge in [-0.3, -0.25) is 0 Å². The highest BCUT2D eigenvalue weighted by Crippen LogP contribution is 2.40. The Hall–Kier alpha value is -1.26. The van der Waals surface area contributed by atoms with Crippen molar-refractivity contribution >= 4 is 0 Å². The highest BCUT2D eigenvalue weighted by molar-refractivity contribution is 5.56. The molecule has 4 nitrogen and oxygen atoms in total. The standard InChI is InChI=1S/C16H26O4/c1-8-19-12(4)20-14-10(2)9-13(16(5,6)17)11(3)15(14)18-7/h9,12,17H,8H2,1-7H3. The molecule has 1 unspecified atom stereocenters. The fourth-order valence-corrected chi connectivity index (χ4v) is 2.32. The van der Waals surface area contributed by atoms with Gasteiger partial charge in [-0.15, -0.1) is 0 Å². The summed E-state index contributed by atoms with van der Waals surface area (Å²) in [5.74, 6) is 1.31. The van der Waals surface area contributed by atoms with Gasteiger partial charge in [-0.05, 0) is 58.7 Å². The third-order valence-electron chi connectivity index (χ3n) is 3.22. The lowest BCUT2D eigenvalue weighted by molar-refractivity contribution is -0.0627. The first-order valence-electron chi connectivity index (χ1n) is 6.91. The largest absolute Gasteiger partial charge is 0.493 e. The second kappa shape index (κ2) is 6.46. The van der Waals surface area contributed by atoms with Gasteiger partial charge < -0.3 is 19.3 Å². The van der Waals surface area contributed by atoms with Crippen molar-refractivity contribution in [1.82, 2.24) is 0 Å². The molecule has 1 aromatic carbocycles. The van der Waals surface area contributed by atoms with Crippen LogP contribution in [-0.2, 0) is 10.3 Å². The van der Waals surface area contributed by atoms with Crippen molar-refractivity contribution in [2.75, 3.05) is 13.7 Å². The van der Waals surface area contributed by atoms with E-state index in [0.717, 1.165) is 16.7 Å². The molecule has 0 heterocycles. The van der Waals surface area contributed by atoms with Crippen LogP contribution in [0.15, 0.2) is 6.07 Å². The molecule has 4 heteroatoms. The summed E-state index contributed by atoms with van der Waals surface area (Å²) in [6.07, 6.45) is -0.347. The van der Waals surface area contributed by atoms with E-state index in [1.807, 2.05) is 33.8 Å².